The zero-order valence-corrected chi connectivity index (χ0v) is 22.0. The van der Waals surface area contributed by atoms with E-state index in [-0.39, 0.29) is 29.3 Å². The van der Waals surface area contributed by atoms with Gasteiger partial charge in [-0.05, 0) is 42.3 Å². The van der Waals surface area contributed by atoms with Gasteiger partial charge in [0.2, 0.25) is 11.8 Å². The average Bonchev–Trinajstić information content (AvgIpc) is 3.47. The van der Waals surface area contributed by atoms with Crippen molar-refractivity contribution in [2.45, 2.75) is 25.4 Å². The van der Waals surface area contributed by atoms with Crippen molar-refractivity contribution in [3.05, 3.63) is 98.5 Å². The van der Waals surface area contributed by atoms with Gasteiger partial charge in [0.05, 0.1) is 34.1 Å². The topological polar surface area (TPSA) is 84.3 Å². The number of para-hydroxylation sites is 2. The van der Waals surface area contributed by atoms with Crippen LogP contribution in [0.3, 0.4) is 0 Å². The molecule has 4 atom stereocenters. The van der Waals surface area contributed by atoms with Crippen molar-refractivity contribution in [1.29, 1.82) is 0 Å². The van der Waals surface area contributed by atoms with Gasteiger partial charge in [-0.2, -0.15) is 0 Å². The van der Waals surface area contributed by atoms with Crippen LogP contribution in [0.1, 0.15) is 25.2 Å². The third kappa shape index (κ3) is 2.89. The van der Waals surface area contributed by atoms with Crippen LogP contribution in [0.5, 0.6) is 0 Å². The van der Waals surface area contributed by atoms with Gasteiger partial charge < -0.3 is 0 Å². The van der Waals surface area contributed by atoms with Crippen LogP contribution in [0, 0.1) is 17.8 Å². The van der Waals surface area contributed by atoms with Crippen LogP contribution in [0.2, 0.25) is 10.0 Å². The Morgan fingerprint density at radius 2 is 1.61 bits per heavy atom. The van der Waals surface area contributed by atoms with Gasteiger partial charge in [0, 0.05) is 21.7 Å². The fourth-order valence-electron chi connectivity index (χ4n) is 6.65. The number of carbonyl (C=O) groups excluding carboxylic acids is 2. The van der Waals surface area contributed by atoms with Crippen LogP contribution in [-0.2, 0) is 15.1 Å². The molecule has 4 aromatic rings. The fourth-order valence-corrected chi connectivity index (χ4v) is 7.16. The smallest absolute Gasteiger partial charge is 0.266 e. The first-order valence-electron chi connectivity index (χ1n) is 12.5. The molecule has 0 radical (unpaired) electrons. The first-order valence-corrected chi connectivity index (χ1v) is 13.2. The summed E-state index contributed by atoms with van der Waals surface area (Å²) in [5, 5.41) is 4.83. The van der Waals surface area contributed by atoms with Gasteiger partial charge in [-0.25, -0.2) is 9.88 Å². The van der Waals surface area contributed by atoms with Gasteiger partial charge in [0.15, 0.2) is 0 Å². The fraction of sp³-hybridized carbons (Fsp3) is 0.241. The molecule has 7 rings (SSSR count). The zero-order valence-electron chi connectivity index (χ0n) is 20.5. The summed E-state index contributed by atoms with van der Waals surface area (Å²) in [6.45, 7) is 4.04. The molecule has 4 heterocycles. The molecular formula is C29H22Cl2N4O3. The minimum absolute atomic E-state index is 0.00918. The quantitative estimate of drug-likeness (QED) is 0.370. The van der Waals surface area contributed by atoms with Crippen molar-refractivity contribution in [3.63, 3.8) is 0 Å². The Hall–Kier alpha value is -3.52. The van der Waals surface area contributed by atoms with E-state index in [1.54, 1.807) is 41.0 Å². The van der Waals surface area contributed by atoms with E-state index in [0.717, 1.165) is 5.56 Å². The van der Waals surface area contributed by atoms with Crippen LogP contribution < -0.4 is 15.8 Å². The van der Waals surface area contributed by atoms with Gasteiger partial charge in [0.25, 0.3) is 5.56 Å². The lowest BCUT2D eigenvalue weighted by molar-refractivity contribution is -0.123. The number of amides is 2. The predicted octanol–water partition coefficient (Wildman–Crippen LogP) is 4.68. The Labute approximate surface area is 228 Å². The SMILES string of the molecule is CC(C)C1NC2(c3ccccc3-n3c2nc2ccccc2c3=O)C2C(=O)N(c3cc(Cl)cc(Cl)c3)C(=O)C12. The summed E-state index contributed by atoms with van der Waals surface area (Å²) >= 11 is 12.5. The van der Waals surface area contributed by atoms with Gasteiger partial charge in [-0.15, -0.1) is 0 Å². The van der Waals surface area contributed by atoms with Gasteiger partial charge in [-0.3, -0.25) is 24.3 Å². The number of aromatic nitrogens is 2. The standard InChI is InChI=1S/C29H22Cl2N4O3/c1-14(2)24-22-23(27(38)34(26(22)37)17-12-15(30)11-16(31)13-17)29(33-24)19-8-4-6-10-21(19)35-25(36)18-7-3-5-9-20(18)32-28(29)35/h3-14,22-24,33H,1-2H3. The number of imide groups is 1. The molecule has 7 nitrogen and oxygen atoms in total. The van der Waals surface area contributed by atoms with E-state index in [4.69, 9.17) is 28.2 Å². The number of benzene rings is 3. The van der Waals surface area contributed by atoms with E-state index in [2.05, 4.69) is 5.32 Å². The van der Waals surface area contributed by atoms with Crippen LogP contribution in [-0.4, -0.2) is 27.4 Å². The summed E-state index contributed by atoms with van der Waals surface area (Å²) in [4.78, 5) is 48.5. The molecule has 0 saturated carbocycles. The molecule has 4 unspecified atom stereocenters. The number of hydrogen-bond donors (Lipinski definition) is 1. The number of nitrogens with one attached hydrogen (secondary N) is 1. The Morgan fingerprint density at radius 3 is 2.34 bits per heavy atom. The van der Waals surface area contributed by atoms with E-state index in [9.17, 15) is 14.4 Å². The summed E-state index contributed by atoms with van der Waals surface area (Å²) in [7, 11) is 0. The first-order chi connectivity index (χ1) is 18.2. The normalized spacial score (nSPS) is 25.5. The second-order valence-corrected chi connectivity index (χ2v) is 11.3. The first kappa shape index (κ1) is 23.6. The zero-order chi connectivity index (χ0) is 26.5. The molecular weight excluding hydrogens is 523 g/mol. The summed E-state index contributed by atoms with van der Waals surface area (Å²) in [5.74, 6) is -1.77. The predicted molar refractivity (Wildman–Crippen MR) is 146 cm³/mol. The molecule has 0 bridgehead atoms. The molecule has 2 fully saturated rings. The number of rotatable bonds is 2. The molecule has 3 aliphatic heterocycles. The lowest BCUT2D eigenvalue weighted by Gasteiger charge is -2.32. The summed E-state index contributed by atoms with van der Waals surface area (Å²) in [6.07, 6.45) is 0. The van der Waals surface area contributed by atoms with Crippen LogP contribution >= 0.6 is 23.2 Å². The number of nitrogens with zero attached hydrogens (tertiary/aromatic N) is 3. The van der Waals surface area contributed by atoms with Crippen molar-refractivity contribution in [3.8, 4) is 5.69 Å². The van der Waals surface area contributed by atoms with E-state index >= 15 is 0 Å². The third-order valence-corrected chi connectivity index (χ3v) is 8.56. The largest absolute Gasteiger partial charge is 0.296 e. The van der Waals surface area contributed by atoms with Crippen molar-refractivity contribution >= 4 is 51.6 Å². The van der Waals surface area contributed by atoms with E-state index in [0.29, 0.717) is 38.1 Å². The van der Waals surface area contributed by atoms with E-state index < -0.39 is 17.4 Å². The molecule has 3 aliphatic rings. The second kappa shape index (κ2) is 7.99. The number of fused-ring (bicyclic) bond motifs is 8. The van der Waals surface area contributed by atoms with Crippen LogP contribution in [0.25, 0.3) is 16.6 Å². The van der Waals surface area contributed by atoms with Crippen molar-refractivity contribution in [1.82, 2.24) is 14.9 Å². The highest BCUT2D eigenvalue weighted by molar-refractivity contribution is 6.35. The molecule has 190 valence electrons. The Kier molecular flexibility index (Phi) is 4.96. The Bertz CT molecular complexity index is 1750. The maximum atomic E-state index is 14.4. The molecule has 2 amide bonds. The third-order valence-electron chi connectivity index (χ3n) is 8.12. The molecule has 38 heavy (non-hydrogen) atoms. The minimum atomic E-state index is -1.18. The molecule has 1 spiro atoms. The molecule has 1 aromatic heterocycles. The summed E-state index contributed by atoms with van der Waals surface area (Å²) < 4.78 is 1.60. The van der Waals surface area contributed by atoms with E-state index in [1.807, 2.05) is 44.2 Å². The molecule has 2 saturated heterocycles. The highest BCUT2D eigenvalue weighted by atomic mass is 35.5. The summed E-state index contributed by atoms with van der Waals surface area (Å²) in [6, 6.07) is 19.1. The number of halogens is 2. The number of anilines is 1. The maximum Gasteiger partial charge on any atom is 0.266 e. The van der Waals surface area contributed by atoms with Gasteiger partial charge in [-0.1, -0.05) is 67.4 Å². The minimum Gasteiger partial charge on any atom is -0.296 e. The number of hydrogen-bond acceptors (Lipinski definition) is 5. The van der Waals surface area contributed by atoms with Gasteiger partial charge >= 0.3 is 0 Å². The van der Waals surface area contributed by atoms with Crippen molar-refractivity contribution < 1.29 is 9.59 Å². The van der Waals surface area contributed by atoms with Crippen molar-refractivity contribution in [2.75, 3.05) is 4.90 Å². The van der Waals surface area contributed by atoms with Crippen molar-refractivity contribution in [2.24, 2.45) is 17.8 Å². The molecule has 9 heteroatoms. The Morgan fingerprint density at radius 1 is 0.921 bits per heavy atom. The lowest BCUT2D eigenvalue weighted by atomic mass is 9.75. The van der Waals surface area contributed by atoms with Crippen LogP contribution in [0.15, 0.2) is 71.5 Å². The Balaban J connectivity index is 1.53. The van der Waals surface area contributed by atoms with E-state index in [1.165, 1.54) is 4.90 Å². The molecule has 3 aromatic carbocycles. The average molecular weight is 545 g/mol. The maximum absolute atomic E-state index is 14.4. The molecule has 1 N–H and O–H groups in total. The number of carbonyl (C=O) groups is 2. The van der Waals surface area contributed by atoms with Gasteiger partial charge in [0.1, 0.15) is 11.4 Å². The second-order valence-electron chi connectivity index (χ2n) is 10.5. The van der Waals surface area contributed by atoms with Crippen LogP contribution in [0.4, 0.5) is 5.69 Å². The monoisotopic (exact) mass is 544 g/mol. The summed E-state index contributed by atoms with van der Waals surface area (Å²) in [5.41, 5.74) is 0.897. The highest BCUT2D eigenvalue weighted by Crippen LogP contribution is 2.56. The molecule has 0 aliphatic carbocycles. The lowest BCUT2D eigenvalue weighted by Crippen LogP contribution is -2.51. The highest BCUT2D eigenvalue weighted by Gasteiger charge is 2.70.